The highest BCUT2D eigenvalue weighted by Crippen LogP contribution is 2.27. The van der Waals surface area contributed by atoms with Crippen LogP contribution < -0.4 is 4.74 Å². The summed E-state index contributed by atoms with van der Waals surface area (Å²) in [5.41, 5.74) is -0.0359. The minimum Gasteiger partial charge on any atom is -0.490 e. The van der Waals surface area contributed by atoms with Gasteiger partial charge in [0.05, 0.1) is 29.8 Å². The fraction of sp³-hybridized carbons (Fsp3) is 0.500. The van der Waals surface area contributed by atoms with E-state index in [2.05, 4.69) is 4.74 Å². The van der Waals surface area contributed by atoms with Crippen LogP contribution in [0.2, 0.25) is 0 Å². The van der Waals surface area contributed by atoms with Gasteiger partial charge in [0.1, 0.15) is 5.75 Å². The Hall–Kier alpha value is -2.11. The number of hydrogen-bond acceptors (Lipinski definition) is 5. The second-order valence-corrected chi connectivity index (χ2v) is 4.84. The minimum absolute atomic E-state index is 0.0660. The van der Waals surface area contributed by atoms with Crippen LogP contribution in [-0.2, 0) is 4.74 Å². The van der Waals surface area contributed by atoms with Crippen molar-refractivity contribution in [3.8, 4) is 5.75 Å². The molecule has 6 nitrogen and oxygen atoms in total. The molecule has 0 unspecified atom stereocenters. The number of benzene rings is 1. The highest BCUT2D eigenvalue weighted by Gasteiger charge is 2.19. The van der Waals surface area contributed by atoms with Gasteiger partial charge in [-0.05, 0) is 31.7 Å². The van der Waals surface area contributed by atoms with Crippen molar-refractivity contribution in [1.82, 2.24) is 0 Å². The third-order valence-electron chi connectivity index (χ3n) is 3.38. The fourth-order valence-electron chi connectivity index (χ4n) is 2.37. The predicted octanol–water partition coefficient (Wildman–Crippen LogP) is 3.09. The van der Waals surface area contributed by atoms with Gasteiger partial charge in [-0.1, -0.05) is 6.42 Å². The Labute approximate surface area is 116 Å². The van der Waals surface area contributed by atoms with Crippen LogP contribution in [0.25, 0.3) is 0 Å². The number of carbonyl (C=O) groups is 1. The number of non-ortho nitro benzene ring substituents is 1. The van der Waals surface area contributed by atoms with E-state index in [0.29, 0.717) is 5.75 Å². The molecule has 0 radical (unpaired) electrons. The molecule has 0 heterocycles. The van der Waals surface area contributed by atoms with Gasteiger partial charge in [0.2, 0.25) is 0 Å². The van der Waals surface area contributed by atoms with Gasteiger partial charge in [-0.2, -0.15) is 0 Å². The Bertz CT molecular complexity index is 508. The monoisotopic (exact) mass is 279 g/mol. The number of methoxy groups -OCH3 is 1. The number of carbonyl (C=O) groups excluding carboxylic acids is 1. The third-order valence-corrected chi connectivity index (χ3v) is 3.38. The first-order chi connectivity index (χ1) is 9.60. The van der Waals surface area contributed by atoms with Crippen LogP contribution in [0.15, 0.2) is 18.2 Å². The molecular weight excluding hydrogens is 262 g/mol. The zero-order valence-corrected chi connectivity index (χ0v) is 11.3. The Morgan fingerprint density at radius 2 is 1.95 bits per heavy atom. The lowest BCUT2D eigenvalue weighted by Crippen LogP contribution is -2.19. The molecule has 1 fully saturated rings. The molecule has 0 N–H and O–H groups in total. The molecule has 108 valence electrons. The second kappa shape index (κ2) is 6.36. The van der Waals surface area contributed by atoms with Crippen molar-refractivity contribution in [2.45, 2.75) is 38.2 Å². The van der Waals surface area contributed by atoms with Gasteiger partial charge >= 0.3 is 5.97 Å². The smallest absolute Gasteiger partial charge is 0.338 e. The van der Waals surface area contributed by atoms with Gasteiger partial charge in [0.25, 0.3) is 5.69 Å². The molecule has 20 heavy (non-hydrogen) atoms. The van der Waals surface area contributed by atoms with Crippen LogP contribution in [0.3, 0.4) is 0 Å². The number of esters is 1. The standard InChI is InChI=1S/C14H17NO5/c1-19-14(16)10-7-11(15(17)18)9-13(8-10)20-12-5-3-2-4-6-12/h7-9,12H,2-6H2,1H3. The lowest BCUT2D eigenvalue weighted by molar-refractivity contribution is -0.385. The Morgan fingerprint density at radius 3 is 2.55 bits per heavy atom. The average Bonchev–Trinajstić information content (AvgIpc) is 2.47. The van der Waals surface area contributed by atoms with Crippen LogP contribution in [0.5, 0.6) is 5.75 Å². The van der Waals surface area contributed by atoms with E-state index in [1.165, 1.54) is 31.7 Å². The molecule has 0 saturated heterocycles. The summed E-state index contributed by atoms with van der Waals surface area (Å²) in [6, 6.07) is 4.04. The molecule has 1 aliphatic carbocycles. The maximum absolute atomic E-state index is 11.5. The molecule has 0 spiro atoms. The molecule has 0 atom stereocenters. The molecule has 0 aliphatic heterocycles. The zero-order chi connectivity index (χ0) is 14.5. The number of nitrogens with zero attached hydrogens (tertiary/aromatic N) is 1. The van der Waals surface area contributed by atoms with Crippen molar-refractivity contribution < 1.29 is 19.2 Å². The second-order valence-electron chi connectivity index (χ2n) is 4.84. The van der Waals surface area contributed by atoms with E-state index in [-0.39, 0.29) is 17.4 Å². The molecule has 0 amide bonds. The first-order valence-electron chi connectivity index (χ1n) is 6.64. The van der Waals surface area contributed by atoms with E-state index in [4.69, 9.17) is 4.74 Å². The largest absolute Gasteiger partial charge is 0.490 e. The lowest BCUT2D eigenvalue weighted by atomic mass is 9.98. The van der Waals surface area contributed by atoms with Crippen LogP contribution in [0, 0.1) is 10.1 Å². The topological polar surface area (TPSA) is 78.7 Å². The summed E-state index contributed by atoms with van der Waals surface area (Å²) in [6.07, 6.45) is 5.35. The quantitative estimate of drug-likeness (QED) is 0.480. The van der Waals surface area contributed by atoms with Gasteiger partial charge < -0.3 is 9.47 Å². The van der Waals surface area contributed by atoms with Gasteiger partial charge in [-0.3, -0.25) is 10.1 Å². The molecule has 1 aliphatic rings. The lowest BCUT2D eigenvalue weighted by Gasteiger charge is -2.23. The van der Waals surface area contributed by atoms with Crippen molar-refractivity contribution in [1.29, 1.82) is 0 Å². The molecule has 0 bridgehead atoms. The van der Waals surface area contributed by atoms with E-state index in [1.54, 1.807) is 0 Å². The SMILES string of the molecule is COC(=O)c1cc(OC2CCCCC2)cc([N+](=O)[O-])c1. The highest BCUT2D eigenvalue weighted by molar-refractivity contribution is 5.90. The molecular formula is C14H17NO5. The van der Waals surface area contributed by atoms with Gasteiger partial charge in [-0.25, -0.2) is 4.79 Å². The normalized spacial score (nSPS) is 15.7. The molecule has 6 heteroatoms. The van der Waals surface area contributed by atoms with Gasteiger partial charge in [-0.15, -0.1) is 0 Å². The summed E-state index contributed by atoms with van der Waals surface area (Å²) >= 11 is 0. The van der Waals surface area contributed by atoms with Crippen molar-refractivity contribution >= 4 is 11.7 Å². The maximum atomic E-state index is 11.5. The summed E-state index contributed by atoms with van der Waals surface area (Å²) in [5.74, 6) is -0.256. The Kier molecular flexibility index (Phi) is 4.55. The first-order valence-corrected chi connectivity index (χ1v) is 6.64. The number of nitro groups is 1. The van der Waals surface area contributed by atoms with Crippen molar-refractivity contribution in [2.24, 2.45) is 0 Å². The third kappa shape index (κ3) is 3.46. The summed E-state index contributed by atoms with van der Waals surface area (Å²) < 4.78 is 10.4. The van der Waals surface area contributed by atoms with E-state index < -0.39 is 10.9 Å². The van der Waals surface area contributed by atoms with E-state index in [9.17, 15) is 14.9 Å². The van der Waals surface area contributed by atoms with E-state index >= 15 is 0 Å². The molecule has 1 aromatic carbocycles. The Balaban J connectivity index is 2.23. The summed E-state index contributed by atoms with van der Waals surface area (Å²) in [7, 11) is 1.24. The van der Waals surface area contributed by atoms with Crippen molar-refractivity contribution in [2.75, 3.05) is 7.11 Å². The van der Waals surface area contributed by atoms with Crippen LogP contribution in [0.1, 0.15) is 42.5 Å². The number of hydrogen-bond donors (Lipinski definition) is 0. The molecule has 0 aromatic heterocycles. The molecule has 2 rings (SSSR count). The zero-order valence-electron chi connectivity index (χ0n) is 11.3. The molecule has 1 aromatic rings. The number of nitro benzene ring substituents is 1. The maximum Gasteiger partial charge on any atom is 0.338 e. The van der Waals surface area contributed by atoms with Crippen LogP contribution in [-0.4, -0.2) is 24.1 Å². The summed E-state index contributed by atoms with van der Waals surface area (Å²) in [5, 5.41) is 10.9. The summed E-state index contributed by atoms with van der Waals surface area (Å²) in [4.78, 5) is 21.9. The minimum atomic E-state index is -0.609. The Morgan fingerprint density at radius 1 is 1.25 bits per heavy atom. The van der Waals surface area contributed by atoms with Gasteiger partial charge in [0.15, 0.2) is 0 Å². The van der Waals surface area contributed by atoms with Crippen molar-refractivity contribution in [3.63, 3.8) is 0 Å². The first kappa shape index (κ1) is 14.3. The van der Waals surface area contributed by atoms with Crippen molar-refractivity contribution in [3.05, 3.63) is 33.9 Å². The van der Waals surface area contributed by atoms with Gasteiger partial charge in [0, 0.05) is 6.07 Å². The highest BCUT2D eigenvalue weighted by atomic mass is 16.6. The fourth-order valence-corrected chi connectivity index (χ4v) is 2.37. The average molecular weight is 279 g/mol. The van der Waals surface area contributed by atoms with E-state index in [0.717, 1.165) is 25.7 Å². The number of ether oxygens (including phenoxy) is 2. The predicted molar refractivity (Wildman–Crippen MR) is 71.9 cm³/mol. The van der Waals surface area contributed by atoms with Crippen LogP contribution >= 0.6 is 0 Å². The van der Waals surface area contributed by atoms with E-state index in [1.807, 2.05) is 0 Å². The summed E-state index contributed by atoms with van der Waals surface area (Å²) in [6.45, 7) is 0. The number of rotatable bonds is 4. The molecule has 1 saturated carbocycles. The van der Waals surface area contributed by atoms with Crippen LogP contribution in [0.4, 0.5) is 5.69 Å².